The molecule has 3 heterocycles. The molecule has 0 bridgehead atoms. The van der Waals surface area contributed by atoms with Gasteiger partial charge in [0.15, 0.2) is 0 Å². The number of hydrogen-bond donors (Lipinski definition) is 1. The quantitative estimate of drug-likeness (QED) is 0.219. The van der Waals surface area contributed by atoms with Crippen LogP contribution in [0.4, 0.5) is 0 Å². The maximum absolute atomic E-state index is 3.83. The minimum atomic E-state index is 1.16. The van der Waals surface area contributed by atoms with Crippen LogP contribution in [0.25, 0.3) is 87.6 Å². The van der Waals surface area contributed by atoms with Crippen LogP contribution in [0, 0.1) is 0 Å². The number of nitrogens with zero attached hydrogens (tertiary/aromatic N) is 2. The molecule has 3 nitrogen and oxygen atoms in total. The van der Waals surface area contributed by atoms with Gasteiger partial charge in [-0.1, -0.05) is 84.9 Å². The molecule has 3 aromatic heterocycles. The van der Waals surface area contributed by atoms with Crippen molar-refractivity contribution in [2.24, 2.45) is 0 Å². The maximum Gasteiger partial charge on any atom is 0.0795 e. The normalized spacial score (nSPS) is 12.4. The van der Waals surface area contributed by atoms with Gasteiger partial charge in [-0.3, -0.25) is 0 Å². The van der Waals surface area contributed by atoms with E-state index in [1.54, 1.807) is 0 Å². The first-order valence-electron chi connectivity index (χ1n) is 14.1. The van der Waals surface area contributed by atoms with Crippen LogP contribution in [0.1, 0.15) is 0 Å². The monoisotopic (exact) mass is 521 g/mol. The largest absolute Gasteiger partial charge is 0.353 e. The summed E-state index contributed by atoms with van der Waals surface area (Å²) in [6, 6.07) is 48.5. The van der Waals surface area contributed by atoms with Crippen molar-refractivity contribution < 1.29 is 0 Å². The third kappa shape index (κ3) is 2.63. The second kappa shape index (κ2) is 7.56. The molecule has 0 aliphatic carbocycles. The van der Waals surface area contributed by atoms with Crippen molar-refractivity contribution in [3.63, 3.8) is 0 Å². The van der Waals surface area contributed by atoms with E-state index in [2.05, 4.69) is 148 Å². The molecule has 0 aliphatic heterocycles. The van der Waals surface area contributed by atoms with Crippen LogP contribution in [0.3, 0.4) is 0 Å². The molecule has 7 aromatic carbocycles. The molecule has 0 fully saturated rings. The summed E-state index contributed by atoms with van der Waals surface area (Å²) in [7, 11) is 0. The molecule has 0 amide bonds. The molecule has 0 unspecified atom stereocenters. The highest BCUT2D eigenvalue weighted by molar-refractivity contribution is 6.36. The van der Waals surface area contributed by atoms with Gasteiger partial charge in [0.05, 0.1) is 27.6 Å². The molecule has 10 rings (SSSR count). The second-order valence-electron chi connectivity index (χ2n) is 11.1. The fourth-order valence-corrected chi connectivity index (χ4v) is 7.32. The molecule has 0 saturated heterocycles. The highest BCUT2D eigenvalue weighted by atomic mass is 15.0. The minimum absolute atomic E-state index is 1.16. The van der Waals surface area contributed by atoms with E-state index in [4.69, 9.17) is 0 Å². The van der Waals surface area contributed by atoms with Gasteiger partial charge in [-0.15, -0.1) is 0 Å². The van der Waals surface area contributed by atoms with Gasteiger partial charge in [-0.05, 0) is 59.3 Å². The van der Waals surface area contributed by atoms with E-state index >= 15 is 0 Å². The van der Waals surface area contributed by atoms with Gasteiger partial charge >= 0.3 is 0 Å². The molecule has 0 saturated carbocycles. The minimum Gasteiger partial charge on any atom is -0.353 e. The average Bonchev–Trinajstić information content (AvgIpc) is 3.69. The van der Waals surface area contributed by atoms with E-state index in [1.807, 2.05) is 0 Å². The predicted molar refractivity (Wildman–Crippen MR) is 173 cm³/mol. The zero-order valence-electron chi connectivity index (χ0n) is 22.1. The number of fused-ring (bicyclic) bond motifs is 8. The molecular formula is C38H23N3. The molecule has 1 N–H and O–H groups in total. The topological polar surface area (TPSA) is 25.6 Å². The van der Waals surface area contributed by atoms with Crippen molar-refractivity contribution in [2.75, 3.05) is 0 Å². The highest BCUT2D eigenvalue weighted by Gasteiger charge is 2.26. The Bertz CT molecular complexity index is 2610. The summed E-state index contributed by atoms with van der Waals surface area (Å²) in [4.78, 5) is 3.83. The van der Waals surface area contributed by atoms with Crippen LogP contribution in [-0.4, -0.2) is 14.1 Å². The summed E-state index contributed by atoms with van der Waals surface area (Å²) < 4.78 is 4.98. The molecule has 3 heteroatoms. The summed E-state index contributed by atoms with van der Waals surface area (Å²) in [5.41, 5.74) is 9.61. The Labute approximate surface area is 234 Å². The molecule has 0 radical (unpaired) electrons. The molecule has 0 spiro atoms. The summed E-state index contributed by atoms with van der Waals surface area (Å²) >= 11 is 0. The van der Waals surface area contributed by atoms with Crippen LogP contribution in [0.15, 0.2) is 133 Å². The molecule has 190 valence electrons. The van der Waals surface area contributed by atoms with Crippen LogP contribution in [0.5, 0.6) is 0 Å². The fraction of sp³-hybridized carbons (Fsp3) is 0. The molecule has 10 aromatic rings. The van der Waals surface area contributed by atoms with E-state index < -0.39 is 0 Å². The predicted octanol–water partition coefficient (Wildman–Crippen LogP) is 10.1. The Hall–Kier alpha value is -5.54. The fourth-order valence-electron chi connectivity index (χ4n) is 7.32. The lowest BCUT2D eigenvalue weighted by atomic mass is 9.98. The van der Waals surface area contributed by atoms with E-state index in [1.165, 1.54) is 76.4 Å². The van der Waals surface area contributed by atoms with E-state index in [9.17, 15) is 0 Å². The number of H-pyrrole nitrogens is 1. The summed E-state index contributed by atoms with van der Waals surface area (Å²) in [6.45, 7) is 0. The van der Waals surface area contributed by atoms with Crippen LogP contribution >= 0.6 is 0 Å². The van der Waals surface area contributed by atoms with Gasteiger partial charge in [0.1, 0.15) is 0 Å². The number of aromatic nitrogens is 3. The molecule has 0 aliphatic rings. The molecule has 41 heavy (non-hydrogen) atoms. The Morgan fingerprint density at radius 2 is 1.00 bits per heavy atom. The van der Waals surface area contributed by atoms with Gasteiger partial charge in [0.2, 0.25) is 0 Å². The first-order chi connectivity index (χ1) is 20.4. The summed E-state index contributed by atoms with van der Waals surface area (Å²) in [6.07, 6.45) is 0. The number of hydrogen-bond acceptors (Lipinski definition) is 0. The van der Waals surface area contributed by atoms with Crippen molar-refractivity contribution in [1.82, 2.24) is 14.1 Å². The maximum atomic E-state index is 3.83. The zero-order valence-corrected chi connectivity index (χ0v) is 22.1. The van der Waals surface area contributed by atoms with Gasteiger partial charge < -0.3 is 14.1 Å². The first kappa shape index (κ1) is 21.3. The van der Waals surface area contributed by atoms with Gasteiger partial charge in [-0.2, -0.15) is 0 Å². The first-order valence-corrected chi connectivity index (χ1v) is 14.1. The second-order valence-corrected chi connectivity index (χ2v) is 11.1. The van der Waals surface area contributed by atoms with Crippen molar-refractivity contribution in [2.45, 2.75) is 0 Å². The van der Waals surface area contributed by atoms with Crippen LogP contribution in [0.2, 0.25) is 0 Å². The number of nitrogens with one attached hydrogen (secondary N) is 1. The lowest BCUT2D eigenvalue weighted by Gasteiger charge is -2.13. The van der Waals surface area contributed by atoms with Crippen molar-refractivity contribution >= 4 is 76.2 Å². The zero-order chi connectivity index (χ0) is 26.7. The SMILES string of the molecule is c1ccc(-n2c3ccccc3c3cc4ccc5cc6c7ccccc7[nH]c6c6c5c4c(c32)n6-c2ccccc2)cc1. The van der Waals surface area contributed by atoms with Gasteiger partial charge in [0, 0.05) is 49.2 Å². The Balaban J connectivity index is 1.58. The van der Waals surface area contributed by atoms with Gasteiger partial charge in [0.25, 0.3) is 0 Å². The summed E-state index contributed by atoms with van der Waals surface area (Å²) in [5.74, 6) is 0. The molecule has 0 atom stereocenters. The third-order valence-corrected chi connectivity index (χ3v) is 8.94. The lowest BCUT2D eigenvalue weighted by molar-refractivity contribution is 1.15. The smallest absolute Gasteiger partial charge is 0.0795 e. The van der Waals surface area contributed by atoms with E-state index in [-0.39, 0.29) is 0 Å². The van der Waals surface area contributed by atoms with E-state index in [0.29, 0.717) is 0 Å². The standard InChI is InChI=1S/C38H23N3/c1-3-11-25(12-4-1)40-32-18-10-8-16-28(32)30-22-24-20-19-23-21-29-27-15-7-9-17-31(27)39-35(29)37-33(23)34(24)38(36(30)40)41(37)26-13-5-2-6-14-26/h1-22,39H. The number of benzene rings is 7. The lowest BCUT2D eigenvalue weighted by Crippen LogP contribution is -1.98. The van der Waals surface area contributed by atoms with Crippen LogP contribution < -0.4 is 0 Å². The average molecular weight is 522 g/mol. The number of aromatic amines is 1. The van der Waals surface area contributed by atoms with Crippen molar-refractivity contribution in [3.8, 4) is 11.4 Å². The van der Waals surface area contributed by atoms with E-state index in [0.717, 1.165) is 11.2 Å². The highest BCUT2D eigenvalue weighted by Crippen LogP contribution is 2.48. The Kier molecular flexibility index (Phi) is 3.93. The van der Waals surface area contributed by atoms with Crippen molar-refractivity contribution in [1.29, 1.82) is 0 Å². The molecular weight excluding hydrogens is 498 g/mol. The van der Waals surface area contributed by atoms with Crippen LogP contribution in [-0.2, 0) is 0 Å². The third-order valence-electron chi connectivity index (χ3n) is 8.94. The van der Waals surface area contributed by atoms with Crippen molar-refractivity contribution in [3.05, 3.63) is 133 Å². The number of para-hydroxylation sites is 4. The number of rotatable bonds is 2. The Morgan fingerprint density at radius 3 is 1.76 bits per heavy atom. The van der Waals surface area contributed by atoms with Gasteiger partial charge in [-0.25, -0.2) is 0 Å². The Morgan fingerprint density at radius 1 is 0.415 bits per heavy atom. The summed E-state index contributed by atoms with van der Waals surface area (Å²) in [5, 5.41) is 10.2.